The SMILES string of the molecule is C.CC(C)(C)c1cc(C=Nc2ccccc2S(=O)c2ccccc2)c(O)c(C(C)(C)C)c1. The maximum absolute atomic E-state index is 13.1. The van der Waals surface area contributed by atoms with E-state index in [1.807, 2.05) is 60.7 Å². The van der Waals surface area contributed by atoms with Crippen LogP contribution in [0.3, 0.4) is 0 Å². The zero-order chi connectivity index (χ0) is 22.8. The summed E-state index contributed by atoms with van der Waals surface area (Å²) in [5.74, 6) is 0.242. The van der Waals surface area contributed by atoms with Gasteiger partial charge in [-0.25, -0.2) is 4.21 Å². The van der Waals surface area contributed by atoms with Gasteiger partial charge in [-0.2, -0.15) is 0 Å². The van der Waals surface area contributed by atoms with Crippen molar-refractivity contribution in [1.29, 1.82) is 0 Å². The van der Waals surface area contributed by atoms with Crippen molar-refractivity contribution >= 4 is 22.7 Å². The van der Waals surface area contributed by atoms with E-state index < -0.39 is 10.8 Å². The van der Waals surface area contributed by atoms with E-state index in [4.69, 9.17) is 0 Å². The smallest absolute Gasteiger partial charge is 0.128 e. The Morgan fingerprint density at radius 2 is 1.44 bits per heavy atom. The van der Waals surface area contributed by atoms with Crippen LogP contribution in [-0.2, 0) is 21.6 Å². The fraction of sp³-hybridized carbons (Fsp3) is 0.321. The lowest BCUT2D eigenvalue weighted by Crippen LogP contribution is -2.17. The second kappa shape index (κ2) is 9.83. The zero-order valence-corrected chi connectivity index (χ0v) is 20.0. The molecule has 0 amide bonds. The molecule has 1 unspecified atom stereocenters. The maximum Gasteiger partial charge on any atom is 0.128 e. The number of aromatic hydroxyl groups is 1. The summed E-state index contributed by atoms with van der Waals surface area (Å²) in [7, 11) is -1.33. The summed E-state index contributed by atoms with van der Waals surface area (Å²) < 4.78 is 13.1. The van der Waals surface area contributed by atoms with Gasteiger partial charge in [0, 0.05) is 22.2 Å². The molecule has 0 aliphatic carbocycles. The van der Waals surface area contributed by atoms with E-state index in [9.17, 15) is 9.32 Å². The topological polar surface area (TPSA) is 49.7 Å². The van der Waals surface area contributed by atoms with Crippen LogP contribution in [0.25, 0.3) is 0 Å². The first kappa shape index (κ1) is 25.5. The van der Waals surface area contributed by atoms with Gasteiger partial charge in [0.25, 0.3) is 0 Å². The van der Waals surface area contributed by atoms with Crippen LogP contribution in [0.4, 0.5) is 5.69 Å². The molecule has 0 heterocycles. The van der Waals surface area contributed by atoms with Crippen LogP contribution in [0.2, 0.25) is 0 Å². The minimum atomic E-state index is -1.33. The molecule has 3 aromatic carbocycles. The highest BCUT2D eigenvalue weighted by molar-refractivity contribution is 7.85. The molecule has 0 fully saturated rings. The number of phenolic OH excluding ortho intramolecular Hbond substituents is 1. The fourth-order valence-corrected chi connectivity index (χ4v) is 4.46. The first-order valence-corrected chi connectivity index (χ1v) is 11.6. The van der Waals surface area contributed by atoms with Crippen molar-refractivity contribution in [1.82, 2.24) is 0 Å². The quantitative estimate of drug-likeness (QED) is 0.418. The van der Waals surface area contributed by atoms with Gasteiger partial charge in [-0.05, 0) is 46.7 Å². The van der Waals surface area contributed by atoms with Crippen molar-refractivity contribution in [2.45, 2.75) is 69.6 Å². The summed E-state index contributed by atoms with van der Waals surface area (Å²) in [6.07, 6.45) is 1.68. The van der Waals surface area contributed by atoms with Gasteiger partial charge in [-0.3, -0.25) is 4.99 Å². The summed E-state index contributed by atoms with van der Waals surface area (Å²) >= 11 is 0. The van der Waals surface area contributed by atoms with E-state index in [1.54, 1.807) is 6.21 Å². The number of rotatable bonds is 4. The molecule has 3 rings (SSSR count). The van der Waals surface area contributed by atoms with Crippen molar-refractivity contribution in [2.75, 3.05) is 0 Å². The monoisotopic (exact) mass is 449 g/mol. The third-order valence-electron chi connectivity index (χ3n) is 5.18. The van der Waals surface area contributed by atoms with Gasteiger partial charge in [0.2, 0.25) is 0 Å². The first-order chi connectivity index (χ1) is 14.5. The highest BCUT2D eigenvalue weighted by Gasteiger charge is 2.24. The van der Waals surface area contributed by atoms with Gasteiger partial charge < -0.3 is 5.11 Å². The molecular formula is C28H35NO2S. The Morgan fingerprint density at radius 1 is 0.844 bits per heavy atom. The fourth-order valence-electron chi connectivity index (χ4n) is 3.29. The summed E-state index contributed by atoms with van der Waals surface area (Å²) in [4.78, 5) is 6.03. The molecule has 0 bridgehead atoms. The number of nitrogens with zero attached hydrogens (tertiary/aromatic N) is 1. The van der Waals surface area contributed by atoms with Crippen LogP contribution in [0.15, 0.2) is 81.5 Å². The molecule has 32 heavy (non-hydrogen) atoms. The van der Waals surface area contributed by atoms with Gasteiger partial charge >= 0.3 is 0 Å². The Bertz CT molecular complexity index is 1120. The largest absolute Gasteiger partial charge is 0.507 e. The van der Waals surface area contributed by atoms with Crippen molar-refractivity contribution < 1.29 is 9.32 Å². The van der Waals surface area contributed by atoms with E-state index in [0.29, 0.717) is 16.1 Å². The third-order valence-corrected chi connectivity index (χ3v) is 6.62. The van der Waals surface area contributed by atoms with Crippen LogP contribution in [0, 0.1) is 0 Å². The van der Waals surface area contributed by atoms with Crippen LogP contribution < -0.4 is 0 Å². The molecule has 1 atom stereocenters. The molecule has 0 saturated heterocycles. The van der Waals surface area contributed by atoms with Crippen LogP contribution in [-0.4, -0.2) is 15.5 Å². The Hall–Kier alpha value is -2.72. The van der Waals surface area contributed by atoms with Gasteiger partial charge in [0.1, 0.15) is 5.75 Å². The minimum absolute atomic E-state index is 0. The number of para-hydroxylation sites is 1. The number of phenols is 1. The summed E-state index contributed by atoms with van der Waals surface area (Å²) in [5, 5.41) is 11.0. The van der Waals surface area contributed by atoms with Crippen molar-refractivity contribution in [3.8, 4) is 5.75 Å². The lowest BCUT2D eigenvalue weighted by Gasteiger charge is -2.27. The molecule has 0 aromatic heterocycles. The predicted octanol–water partition coefficient (Wildman–Crippen LogP) is 7.54. The van der Waals surface area contributed by atoms with Crippen LogP contribution in [0.5, 0.6) is 5.75 Å². The molecule has 1 N–H and O–H groups in total. The van der Waals surface area contributed by atoms with Gasteiger partial charge in [-0.15, -0.1) is 0 Å². The van der Waals surface area contributed by atoms with Crippen LogP contribution >= 0.6 is 0 Å². The molecule has 0 saturated carbocycles. The summed E-state index contributed by atoms with van der Waals surface area (Å²) in [6.45, 7) is 12.7. The van der Waals surface area contributed by atoms with E-state index in [-0.39, 0.29) is 24.0 Å². The highest BCUT2D eigenvalue weighted by Crippen LogP contribution is 2.37. The van der Waals surface area contributed by atoms with Crippen molar-refractivity contribution in [3.05, 3.63) is 83.4 Å². The minimum Gasteiger partial charge on any atom is -0.507 e. The molecule has 4 heteroatoms. The lowest BCUT2D eigenvalue weighted by atomic mass is 9.79. The molecular weight excluding hydrogens is 414 g/mol. The molecule has 0 spiro atoms. The predicted molar refractivity (Wildman–Crippen MR) is 137 cm³/mol. The Balaban J connectivity index is 0.00000363. The van der Waals surface area contributed by atoms with Gasteiger partial charge in [0.05, 0.1) is 21.4 Å². The Kier molecular flexibility index (Phi) is 7.84. The second-order valence-electron chi connectivity index (χ2n) is 9.77. The molecule has 3 aromatic rings. The standard InChI is InChI=1S/C27H31NO2S.CH4/c1-26(2,3)20-16-19(25(29)22(17-20)27(4,5)6)18-28-23-14-10-11-15-24(23)31(30)21-12-8-7-9-13-21;/h7-18,29H,1-6H3;1H4. The normalized spacial score (nSPS) is 13.1. The maximum atomic E-state index is 13.1. The first-order valence-electron chi connectivity index (χ1n) is 10.5. The molecule has 170 valence electrons. The van der Waals surface area contributed by atoms with Crippen LogP contribution in [0.1, 0.15) is 65.7 Å². The van der Waals surface area contributed by atoms with Crippen molar-refractivity contribution in [3.63, 3.8) is 0 Å². The van der Waals surface area contributed by atoms with Crippen molar-refractivity contribution in [2.24, 2.45) is 4.99 Å². The molecule has 0 aliphatic rings. The average molecular weight is 450 g/mol. The average Bonchev–Trinajstić information content (AvgIpc) is 2.71. The number of hydrogen-bond acceptors (Lipinski definition) is 3. The van der Waals surface area contributed by atoms with Gasteiger partial charge in [-0.1, -0.05) is 85.4 Å². The number of hydrogen-bond donors (Lipinski definition) is 1. The molecule has 3 nitrogen and oxygen atoms in total. The van der Waals surface area contributed by atoms with E-state index in [2.05, 4.69) is 52.6 Å². The highest BCUT2D eigenvalue weighted by atomic mass is 32.2. The zero-order valence-electron chi connectivity index (χ0n) is 19.1. The third kappa shape index (κ3) is 5.74. The van der Waals surface area contributed by atoms with Gasteiger partial charge in [0.15, 0.2) is 0 Å². The summed E-state index contributed by atoms with van der Waals surface area (Å²) in [6, 6.07) is 20.9. The molecule has 0 aliphatic heterocycles. The van der Waals surface area contributed by atoms with E-state index in [0.717, 1.165) is 16.0 Å². The van der Waals surface area contributed by atoms with E-state index >= 15 is 0 Å². The number of aliphatic imine (C=N–C) groups is 1. The number of benzene rings is 3. The Morgan fingerprint density at radius 3 is 2.03 bits per heavy atom. The van der Waals surface area contributed by atoms with E-state index in [1.165, 1.54) is 0 Å². The lowest BCUT2D eigenvalue weighted by molar-refractivity contribution is 0.444. The second-order valence-corrected chi connectivity index (χ2v) is 11.2. The Labute approximate surface area is 195 Å². The summed E-state index contributed by atoms with van der Waals surface area (Å²) in [5.41, 5.74) is 3.05. The molecule has 0 radical (unpaired) electrons.